The van der Waals surface area contributed by atoms with Crippen LogP contribution in [-0.2, 0) is 6.61 Å². The molecule has 0 fully saturated rings. The quantitative estimate of drug-likeness (QED) is 0.871. The Hall–Kier alpha value is -1.45. The van der Waals surface area contributed by atoms with Crippen LogP contribution in [0.3, 0.4) is 0 Å². The summed E-state index contributed by atoms with van der Waals surface area (Å²) in [5.41, 5.74) is 1.68. The van der Waals surface area contributed by atoms with E-state index in [1.807, 2.05) is 0 Å². The molecule has 2 nitrogen and oxygen atoms in total. The summed E-state index contributed by atoms with van der Waals surface area (Å²) in [7, 11) is 0. The maximum absolute atomic E-state index is 13.1. The molecule has 1 aromatic heterocycles. The number of benzene rings is 1. The molecule has 16 heavy (non-hydrogen) atoms. The van der Waals surface area contributed by atoms with Crippen molar-refractivity contribution < 1.29 is 9.50 Å². The van der Waals surface area contributed by atoms with Crippen LogP contribution in [0, 0.1) is 5.82 Å². The van der Waals surface area contributed by atoms with E-state index in [1.165, 1.54) is 6.07 Å². The molecule has 0 aliphatic rings. The summed E-state index contributed by atoms with van der Waals surface area (Å²) in [5, 5.41) is 9.58. The molecular formula is C12H9ClFNO. The van der Waals surface area contributed by atoms with Crippen molar-refractivity contribution in [2.24, 2.45) is 0 Å². The van der Waals surface area contributed by atoms with Gasteiger partial charge in [0.05, 0.1) is 18.5 Å². The Morgan fingerprint density at radius 3 is 2.56 bits per heavy atom. The summed E-state index contributed by atoms with van der Waals surface area (Å²) in [6.07, 6.45) is 1.11. The topological polar surface area (TPSA) is 33.1 Å². The lowest BCUT2D eigenvalue weighted by molar-refractivity contribution is 0.275. The van der Waals surface area contributed by atoms with Crippen LogP contribution in [0.4, 0.5) is 4.39 Å². The number of hydrogen-bond donors (Lipinski definition) is 1. The second-order valence-electron chi connectivity index (χ2n) is 3.33. The molecule has 1 heterocycles. The summed E-state index contributed by atoms with van der Waals surface area (Å²) >= 11 is 5.76. The predicted molar refractivity (Wildman–Crippen MR) is 60.6 cm³/mol. The molecule has 0 atom stereocenters. The van der Waals surface area contributed by atoms with Crippen LogP contribution in [0.15, 0.2) is 36.5 Å². The van der Waals surface area contributed by atoms with E-state index in [-0.39, 0.29) is 12.2 Å². The van der Waals surface area contributed by atoms with Gasteiger partial charge in [0.15, 0.2) is 0 Å². The Balaban J connectivity index is 2.44. The summed E-state index contributed by atoms with van der Waals surface area (Å²) in [6, 6.07) is 8.59. The zero-order valence-corrected chi connectivity index (χ0v) is 9.08. The monoisotopic (exact) mass is 237 g/mol. The number of rotatable bonds is 2. The van der Waals surface area contributed by atoms with Gasteiger partial charge in [0.25, 0.3) is 0 Å². The zero-order chi connectivity index (χ0) is 11.5. The van der Waals surface area contributed by atoms with Gasteiger partial charge in [0.2, 0.25) is 0 Å². The van der Waals surface area contributed by atoms with Gasteiger partial charge in [-0.1, -0.05) is 23.7 Å². The lowest BCUT2D eigenvalue weighted by Gasteiger charge is -2.04. The summed E-state index contributed by atoms with van der Waals surface area (Å²) < 4.78 is 13.1. The molecule has 0 aliphatic carbocycles. The van der Waals surface area contributed by atoms with Gasteiger partial charge >= 0.3 is 0 Å². The first-order valence-corrected chi connectivity index (χ1v) is 5.09. The number of aliphatic hydroxyl groups excluding tert-OH is 1. The lowest BCUT2D eigenvalue weighted by atomic mass is 10.1. The van der Waals surface area contributed by atoms with Crippen molar-refractivity contribution in [1.29, 1.82) is 0 Å². The number of hydrogen-bond acceptors (Lipinski definition) is 2. The zero-order valence-electron chi connectivity index (χ0n) is 8.32. The molecule has 0 bridgehead atoms. The number of aliphatic hydroxyl groups is 1. The Morgan fingerprint density at radius 2 is 1.94 bits per heavy atom. The van der Waals surface area contributed by atoms with Gasteiger partial charge in [-0.25, -0.2) is 4.39 Å². The maximum atomic E-state index is 13.1. The van der Waals surface area contributed by atoms with Gasteiger partial charge in [-0.05, 0) is 18.2 Å². The molecule has 0 saturated carbocycles. The van der Waals surface area contributed by atoms with Gasteiger partial charge in [-0.2, -0.15) is 0 Å². The van der Waals surface area contributed by atoms with Gasteiger partial charge in [-0.3, -0.25) is 4.98 Å². The SMILES string of the molecule is OCc1cc(-c2ccc(Cl)cc2)ncc1F. The second-order valence-corrected chi connectivity index (χ2v) is 3.76. The molecule has 0 amide bonds. The smallest absolute Gasteiger partial charge is 0.147 e. The Labute approximate surface area is 97.3 Å². The Bertz CT molecular complexity index is 499. The minimum absolute atomic E-state index is 0.236. The van der Waals surface area contributed by atoms with E-state index in [2.05, 4.69) is 4.98 Å². The minimum atomic E-state index is -0.500. The lowest BCUT2D eigenvalue weighted by Crippen LogP contribution is -1.93. The number of halogens is 2. The van der Waals surface area contributed by atoms with Crippen LogP contribution >= 0.6 is 11.6 Å². The molecule has 0 radical (unpaired) electrons. The summed E-state index contributed by atoms with van der Waals surface area (Å²) in [5.74, 6) is -0.500. The molecule has 0 aliphatic heterocycles. The Kier molecular flexibility index (Phi) is 3.17. The first-order valence-electron chi connectivity index (χ1n) is 4.72. The van der Waals surface area contributed by atoms with Crippen LogP contribution in [-0.4, -0.2) is 10.1 Å². The largest absolute Gasteiger partial charge is 0.392 e. The molecule has 2 aromatic rings. The molecule has 4 heteroatoms. The van der Waals surface area contributed by atoms with E-state index in [1.54, 1.807) is 24.3 Å². The first kappa shape index (κ1) is 11.0. The van der Waals surface area contributed by atoms with Crippen molar-refractivity contribution in [3.63, 3.8) is 0 Å². The number of pyridine rings is 1. The van der Waals surface area contributed by atoms with E-state index in [4.69, 9.17) is 16.7 Å². The number of nitrogens with zero attached hydrogens (tertiary/aromatic N) is 1. The van der Waals surface area contributed by atoms with Crippen molar-refractivity contribution in [2.75, 3.05) is 0 Å². The fourth-order valence-electron chi connectivity index (χ4n) is 1.38. The molecule has 82 valence electrons. The highest BCUT2D eigenvalue weighted by atomic mass is 35.5. The molecule has 2 rings (SSSR count). The fraction of sp³-hybridized carbons (Fsp3) is 0.0833. The van der Waals surface area contributed by atoms with Crippen molar-refractivity contribution in [3.05, 3.63) is 52.9 Å². The molecule has 0 saturated heterocycles. The highest BCUT2D eigenvalue weighted by molar-refractivity contribution is 6.30. The number of aromatic nitrogens is 1. The summed E-state index contributed by atoms with van der Waals surface area (Å²) in [4.78, 5) is 3.96. The standard InChI is InChI=1S/C12H9ClFNO/c13-10-3-1-8(2-4-10)12-5-9(7-16)11(14)6-15-12/h1-6,16H,7H2. The van der Waals surface area contributed by atoms with E-state index >= 15 is 0 Å². The summed E-state index contributed by atoms with van der Waals surface area (Å²) in [6.45, 7) is -0.338. The van der Waals surface area contributed by atoms with Crippen LogP contribution in [0.2, 0.25) is 5.02 Å². The highest BCUT2D eigenvalue weighted by Crippen LogP contribution is 2.21. The average molecular weight is 238 g/mol. The highest BCUT2D eigenvalue weighted by Gasteiger charge is 2.05. The van der Waals surface area contributed by atoms with Crippen molar-refractivity contribution in [2.45, 2.75) is 6.61 Å². The van der Waals surface area contributed by atoms with Crippen molar-refractivity contribution >= 4 is 11.6 Å². The van der Waals surface area contributed by atoms with Crippen molar-refractivity contribution in [1.82, 2.24) is 4.98 Å². The van der Waals surface area contributed by atoms with Gasteiger partial charge < -0.3 is 5.11 Å². The molecule has 1 N–H and O–H groups in total. The normalized spacial score (nSPS) is 10.4. The van der Waals surface area contributed by atoms with E-state index < -0.39 is 5.82 Å². The van der Waals surface area contributed by atoms with Crippen molar-refractivity contribution in [3.8, 4) is 11.3 Å². The Morgan fingerprint density at radius 1 is 1.25 bits per heavy atom. The fourth-order valence-corrected chi connectivity index (χ4v) is 1.51. The van der Waals surface area contributed by atoms with Crippen LogP contribution < -0.4 is 0 Å². The molecular weight excluding hydrogens is 229 g/mol. The van der Waals surface area contributed by atoms with Crippen LogP contribution in [0.25, 0.3) is 11.3 Å². The van der Waals surface area contributed by atoms with E-state index in [9.17, 15) is 4.39 Å². The predicted octanol–water partition coefficient (Wildman–Crippen LogP) is 3.03. The molecule has 0 unspecified atom stereocenters. The minimum Gasteiger partial charge on any atom is -0.392 e. The molecule has 0 spiro atoms. The van der Waals surface area contributed by atoms with E-state index in [0.29, 0.717) is 10.7 Å². The van der Waals surface area contributed by atoms with Crippen LogP contribution in [0.1, 0.15) is 5.56 Å². The van der Waals surface area contributed by atoms with Gasteiger partial charge in [-0.15, -0.1) is 0 Å². The van der Waals surface area contributed by atoms with E-state index in [0.717, 1.165) is 11.8 Å². The third-order valence-corrected chi connectivity index (χ3v) is 2.50. The second kappa shape index (κ2) is 4.60. The third kappa shape index (κ3) is 2.21. The third-order valence-electron chi connectivity index (χ3n) is 2.25. The molecule has 1 aromatic carbocycles. The van der Waals surface area contributed by atoms with Gasteiger partial charge in [0, 0.05) is 16.1 Å². The average Bonchev–Trinajstić information content (AvgIpc) is 2.31. The van der Waals surface area contributed by atoms with Gasteiger partial charge in [0.1, 0.15) is 5.82 Å². The van der Waals surface area contributed by atoms with Crippen LogP contribution in [0.5, 0.6) is 0 Å². The maximum Gasteiger partial charge on any atom is 0.147 e. The first-order chi connectivity index (χ1) is 7.70.